The first-order chi connectivity index (χ1) is 6.94. The molecule has 0 bridgehead atoms. The van der Waals surface area contributed by atoms with Crippen LogP contribution in [0.2, 0.25) is 0 Å². The fourth-order valence-corrected chi connectivity index (χ4v) is 2.04. The third-order valence-electron chi connectivity index (χ3n) is 3.25. The van der Waals surface area contributed by atoms with E-state index in [9.17, 15) is 0 Å². The highest BCUT2D eigenvalue weighted by molar-refractivity contribution is 4.84. The molecular weight excluding hydrogens is 188 g/mol. The Morgan fingerprint density at radius 2 is 2.13 bits per heavy atom. The number of ether oxygens (including phenoxy) is 1. The summed E-state index contributed by atoms with van der Waals surface area (Å²) in [6.45, 7) is 13.3. The standard InChI is InChI=1S/C12H26N2O/c1-10(2)11-8-14(7-6-13-11)9-12(3,4)15-5/h10-11,13H,6-9H2,1-5H3. The van der Waals surface area contributed by atoms with Crippen molar-refractivity contribution in [2.24, 2.45) is 5.92 Å². The predicted octanol–water partition coefficient (Wildman–Crippen LogP) is 1.34. The van der Waals surface area contributed by atoms with Gasteiger partial charge < -0.3 is 10.1 Å². The zero-order chi connectivity index (χ0) is 11.5. The molecule has 3 nitrogen and oxygen atoms in total. The highest BCUT2D eigenvalue weighted by Crippen LogP contribution is 2.14. The maximum absolute atomic E-state index is 5.47. The van der Waals surface area contributed by atoms with E-state index in [1.165, 1.54) is 0 Å². The molecule has 1 fully saturated rings. The first-order valence-electron chi connectivity index (χ1n) is 5.95. The van der Waals surface area contributed by atoms with E-state index in [-0.39, 0.29) is 5.60 Å². The maximum Gasteiger partial charge on any atom is 0.0749 e. The van der Waals surface area contributed by atoms with Gasteiger partial charge in [0.05, 0.1) is 5.60 Å². The number of piperazine rings is 1. The minimum absolute atomic E-state index is 0.0289. The second-order valence-corrected chi connectivity index (χ2v) is 5.50. The fourth-order valence-electron chi connectivity index (χ4n) is 2.04. The Labute approximate surface area is 94.2 Å². The molecular formula is C12H26N2O. The third-order valence-corrected chi connectivity index (χ3v) is 3.25. The van der Waals surface area contributed by atoms with Crippen molar-refractivity contribution in [2.75, 3.05) is 33.3 Å². The Morgan fingerprint density at radius 1 is 1.47 bits per heavy atom. The Balaban J connectivity index is 2.43. The predicted molar refractivity (Wildman–Crippen MR) is 64.2 cm³/mol. The molecule has 1 N–H and O–H groups in total. The van der Waals surface area contributed by atoms with E-state index in [0.29, 0.717) is 12.0 Å². The molecule has 1 atom stereocenters. The lowest BCUT2D eigenvalue weighted by molar-refractivity contribution is -0.0149. The van der Waals surface area contributed by atoms with Crippen LogP contribution < -0.4 is 5.32 Å². The summed E-state index contributed by atoms with van der Waals surface area (Å²) < 4.78 is 5.47. The maximum atomic E-state index is 5.47. The molecule has 1 aliphatic heterocycles. The van der Waals surface area contributed by atoms with E-state index < -0.39 is 0 Å². The van der Waals surface area contributed by atoms with Gasteiger partial charge in [-0.3, -0.25) is 4.90 Å². The normalized spacial score (nSPS) is 24.8. The van der Waals surface area contributed by atoms with Gasteiger partial charge in [-0.2, -0.15) is 0 Å². The molecule has 1 unspecified atom stereocenters. The largest absolute Gasteiger partial charge is 0.377 e. The van der Waals surface area contributed by atoms with E-state index in [4.69, 9.17) is 4.74 Å². The Bertz CT molecular complexity index is 192. The highest BCUT2D eigenvalue weighted by Gasteiger charge is 2.26. The SMILES string of the molecule is COC(C)(C)CN1CCNC(C(C)C)C1. The van der Waals surface area contributed by atoms with Crippen molar-refractivity contribution in [3.8, 4) is 0 Å². The van der Waals surface area contributed by atoms with Gasteiger partial charge in [0.2, 0.25) is 0 Å². The summed E-state index contributed by atoms with van der Waals surface area (Å²) in [5, 5.41) is 3.57. The van der Waals surface area contributed by atoms with Gasteiger partial charge in [-0.05, 0) is 19.8 Å². The van der Waals surface area contributed by atoms with Gasteiger partial charge in [-0.15, -0.1) is 0 Å². The highest BCUT2D eigenvalue weighted by atomic mass is 16.5. The molecule has 1 rings (SSSR count). The molecule has 0 radical (unpaired) electrons. The monoisotopic (exact) mass is 214 g/mol. The summed E-state index contributed by atoms with van der Waals surface area (Å²) in [5.41, 5.74) is -0.0289. The number of hydrogen-bond acceptors (Lipinski definition) is 3. The van der Waals surface area contributed by atoms with Gasteiger partial charge in [0, 0.05) is 39.3 Å². The van der Waals surface area contributed by atoms with Gasteiger partial charge in [0.15, 0.2) is 0 Å². The average molecular weight is 214 g/mol. The van der Waals surface area contributed by atoms with Gasteiger partial charge in [0.1, 0.15) is 0 Å². The molecule has 90 valence electrons. The lowest BCUT2D eigenvalue weighted by atomic mass is 10.0. The van der Waals surface area contributed by atoms with Crippen LogP contribution in [0.25, 0.3) is 0 Å². The zero-order valence-electron chi connectivity index (χ0n) is 10.8. The summed E-state index contributed by atoms with van der Waals surface area (Å²) in [6, 6.07) is 0.631. The van der Waals surface area contributed by atoms with Crippen LogP contribution in [0, 0.1) is 5.92 Å². The Hall–Kier alpha value is -0.120. The van der Waals surface area contributed by atoms with Gasteiger partial charge in [-0.25, -0.2) is 0 Å². The Morgan fingerprint density at radius 3 is 2.67 bits per heavy atom. The Kier molecular flexibility index (Phi) is 4.56. The summed E-state index contributed by atoms with van der Waals surface area (Å²) in [4.78, 5) is 2.50. The first-order valence-corrected chi connectivity index (χ1v) is 5.95. The summed E-state index contributed by atoms with van der Waals surface area (Å²) >= 11 is 0. The van der Waals surface area contributed by atoms with Crippen LogP contribution >= 0.6 is 0 Å². The lowest BCUT2D eigenvalue weighted by Gasteiger charge is -2.39. The first kappa shape index (κ1) is 12.9. The van der Waals surface area contributed by atoms with Crippen LogP contribution in [0.3, 0.4) is 0 Å². The van der Waals surface area contributed by atoms with Crippen molar-refractivity contribution < 1.29 is 4.74 Å². The summed E-state index contributed by atoms with van der Waals surface area (Å²) in [5.74, 6) is 0.707. The van der Waals surface area contributed by atoms with Gasteiger partial charge in [0.25, 0.3) is 0 Å². The molecule has 1 heterocycles. The average Bonchev–Trinajstić information content (AvgIpc) is 2.17. The quantitative estimate of drug-likeness (QED) is 0.764. The molecule has 1 saturated heterocycles. The van der Waals surface area contributed by atoms with Gasteiger partial charge >= 0.3 is 0 Å². The topological polar surface area (TPSA) is 24.5 Å². The number of methoxy groups -OCH3 is 1. The summed E-state index contributed by atoms with van der Waals surface area (Å²) in [7, 11) is 1.79. The van der Waals surface area contributed by atoms with Crippen LogP contribution in [0.4, 0.5) is 0 Å². The van der Waals surface area contributed by atoms with Crippen LogP contribution in [-0.2, 0) is 4.74 Å². The molecule has 0 aromatic heterocycles. The third kappa shape index (κ3) is 4.09. The zero-order valence-corrected chi connectivity index (χ0v) is 10.8. The van der Waals surface area contributed by atoms with E-state index in [2.05, 4.69) is 37.9 Å². The van der Waals surface area contributed by atoms with E-state index in [0.717, 1.165) is 26.2 Å². The minimum atomic E-state index is -0.0289. The second-order valence-electron chi connectivity index (χ2n) is 5.50. The molecule has 0 aromatic carbocycles. The van der Waals surface area contributed by atoms with E-state index in [1.54, 1.807) is 7.11 Å². The van der Waals surface area contributed by atoms with Crippen molar-refractivity contribution in [1.82, 2.24) is 10.2 Å². The smallest absolute Gasteiger partial charge is 0.0749 e. The van der Waals surface area contributed by atoms with Crippen LogP contribution in [-0.4, -0.2) is 49.8 Å². The van der Waals surface area contributed by atoms with Crippen molar-refractivity contribution in [2.45, 2.75) is 39.3 Å². The van der Waals surface area contributed by atoms with Crippen molar-refractivity contribution in [3.05, 3.63) is 0 Å². The summed E-state index contributed by atoms with van der Waals surface area (Å²) in [6.07, 6.45) is 0. The molecule has 15 heavy (non-hydrogen) atoms. The van der Waals surface area contributed by atoms with Crippen LogP contribution in [0.1, 0.15) is 27.7 Å². The molecule has 0 spiro atoms. The molecule has 0 amide bonds. The molecule has 0 aliphatic carbocycles. The fraction of sp³-hybridized carbons (Fsp3) is 1.00. The number of rotatable bonds is 4. The molecule has 0 saturated carbocycles. The van der Waals surface area contributed by atoms with Crippen molar-refractivity contribution >= 4 is 0 Å². The van der Waals surface area contributed by atoms with Crippen molar-refractivity contribution in [3.63, 3.8) is 0 Å². The van der Waals surface area contributed by atoms with E-state index in [1.807, 2.05) is 0 Å². The van der Waals surface area contributed by atoms with Crippen molar-refractivity contribution in [1.29, 1.82) is 0 Å². The molecule has 0 aromatic rings. The number of nitrogens with one attached hydrogen (secondary N) is 1. The molecule has 3 heteroatoms. The molecule has 1 aliphatic rings. The lowest BCUT2D eigenvalue weighted by Crippen LogP contribution is -2.55. The second kappa shape index (κ2) is 5.28. The number of nitrogens with zero attached hydrogens (tertiary/aromatic N) is 1. The number of hydrogen-bond donors (Lipinski definition) is 1. The van der Waals surface area contributed by atoms with Crippen LogP contribution in [0.5, 0.6) is 0 Å². The van der Waals surface area contributed by atoms with Crippen LogP contribution in [0.15, 0.2) is 0 Å². The van der Waals surface area contributed by atoms with Gasteiger partial charge in [-0.1, -0.05) is 13.8 Å². The van der Waals surface area contributed by atoms with E-state index >= 15 is 0 Å². The minimum Gasteiger partial charge on any atom is -0.377 e.